The third-order valence-corrected chi connectivity index (χ3v) is 3.97. The number of carbonyl (C=O) groups is 1. The van der Waals surface area contributed by atoms with E-state index in [0.717, 1.165) is 29.1 Å². The quantitative estimate of drug-likeness (QED) is 0.643. The minimum absolute atomic E-state index is 0.281. The van der Waals surface area contributed by atoms with E-state index in [1.54, 1.807) is 0 Å². The summed E-state index contributed by atoms with van der Waals surface area (Å²) >= 11 is 1.30. The number of hydroxylamine groups is 1. The van der Waals surface area contributed by atoms with E-state index in [0.29, 0.717) is 25.2 Å². The molecule has 0 aromatic heterocycles. The van der Waals surface area contributed by atoms with Crippen molar-refractivity contribution >= 4 is 17.8 Å². The van der Waals surface area contributed by atoms with Gasteiger partial charge < -0.3 is 4.74 Å². The predicted molar refractivity (Wildman–Crippen MR) is 79.7 cm³/mol. The average molecular weight is 295 g/mol. The van der Waals surface area contributed by atoms with Gasteiger partial charge in [0.15, 0.2) is 0 Å². The molecule has 0 spiro atoms. The Morgan fingerprint density at radius 3 is 2.75 bits per heavy atom. The third-order valence-electron chi connectivity index (χ3n) is 3.34. The van der Waals surface area contributed by atoms with E-state index in [1.165, 1.54) is 12.0 Å². The molecule has 0 atom stereocenters. The Morgan fingerprint density at radius 1 is 1.35 bits per heavy atom. The molecule has 0 radical (unpaired) electrons. The number of benzene rings is 1. The summed E-state index contributed by atoms with van der Waals surface area (Å²) < 4.78 is 11.0. The van der Waals surface area contributed by atoms with E-state index in [9.17, 15) is 4.79 Å². The number of hydrogen-bond acceptors (Lipinski definition) is 5. The van der Waals surface area contributed by atoms with Crippen LogP contribution in [0, 0.1) is 6.92 Å². The molecule has 1 saturated carbocycles. The van der Waals surface area contributed by atoms with Crippen LogP contribution in [-0.4, -0.2) is 18.4 Å². The number of Topliss-reactive ketones (excluding diaryl/α,β-unsaturated/α-hetero) is 1. The average Bonchev–Trinajstić information content (AvgIpc) is 2.44. The molecular formula is C15H21NO3S. The van der Waals surface area contributed by atoms with Crippen LogP contribution in [0.3, 0.4) is 0 Å². The molecule has 1 aromatic rings. The second-order valence-corrected chi connectivity index (χ2v) is 5.76. The van der Waals surface area contributed by atoms with Crippen LogP contribution in [0.2, 0.25) is 0 Å². The van der Waals surface area contributed by atoms with Gasteiger partial charge in [-0.25, -0.2) is 4.28 Å². The maximum Gasteiger partial charge on any atom is 0.133 e. The predicted octanol–water partition coefficient (Wildman–Crippen LogP) is 3.43. The number of hydrogen-bond donors (Lipinski definition) is 1. The van der Waals surface area contributed by atoms with Gasteiger partial charge in [0.1, 0.15) is 11.5 Å². The lowest BCUT2D eigenvalue weighted by Crippen LogP contribution is -2.31. The summed E-state index contributed by atoms with van der Waals surface area (Å²) in [6.07, 6.45) is 3.05. The summed E-state index contributed by atoms with van der Waals surface area (Å²) in [5, 5.41) is 0. The lowest BCUT2D eigenvalue weighted by molar-refractivity contribution is -0.120. The number of ketones is 1. The number of ether oxygens (including phenoxy) is 1. The molecule has 0 bridgehead atoms. The van der Waals surface area contributed by atoms with E-state index in [4.69, 9.17) is 9.02 Å². The van der Waals surface area contributed by atoms with Crippen molar-refractivity contribution in [2.75, 3.05) is 6.61 Å². The van der Waals surface area contributed by atoms with Crippen molar-refractivity contribution in [2.24, 2.45) is 0 Å². The Bertz CT molecular complexity index is 454. The van der Waals surface area contributed by atoms with Crippen molar-refractivity contribution < 1.29 is 13.8 Å². The van der Waals surface area contributed by atoms with Crippen LogP contribution in [-0.2, 0) is 9.08 Å². The standard InChI is InChI=1S/C15H21NO3S/c1-3-18-15-9-8-14(10-11(15)2)20-19-16-12-4-6-13(17)7-5-12/h8-10,12,16H,3-7H2,1-2H3. The van der Waals surface area contributed by atoms with Crippen LogP contribution < -0.4 is 10.2 Å². The molecule has 1 fully saturated rings. The van der Waals surface area contributed by atoms with E-state index in [1.807, 2.05) is 32.0 Å². The van der Waals surface area contributed by atoms with Crippen molar-refractivity contribution in [1.82, 2.24) is 5.48 Å². The monoisotopic (exact) mass is 295 g/mol. The highest BCUT2D eigenvalue weighted by Crippen LogP contribution is 2.26. The number of nitrogens with one attached hydrogen (secondary N) is 1. The summed E-state index contributed by atoms with van der Waals surface area (Å²) in [4.78, 5) is 12.2. The van der Waals surface area contributed by atoms with Gasteiger partial charge in [0, 0.05) is 23.8 Å². The molecule has 2 rings (SSSR count). The van der Waals surface area contributed by atoms with Gasteiger partial charge in [-0.1, -0.05) is 0 Å². The highest BCUT2D eigenvalue weighted by Gasteiger charge is 2.18. The van der Waals surface area contributed by atoms with Crippen LogP contribution in [0.1, 0.15) is 38.2 Å². The molecule has 0 heterocycles. The van der Waals surface area contributed by atoms with Gasteiger partial charge in [-0.2, -0.15) is 5.48 Å². The second-order valence-electron chi connectivity index (χ2n) is 4.96. The first-order valence-electron chi connectivity index (χ1n) is 7.03. The smallest absolute Gasteiger partial charge is 0.133 e. The zero-order valence-electron chi connectivity index (χ0n) is 12.0. The molecule has 110 valence electrons. The molecule has 1 aliphatic rings. The fourth-order valence-electron chi connectivity index (χ4n) is 2.19. The van der Waals surface area contributed by atoms with Crippen molar-refractivity contribution in [3.8, 4) is 5.75 Å². The Morgan fingerprint density at radius 2 is 2.10 bits per heavy atom. The summed E-state index contributed by atoms with van der Waals surface area (Å²) in [7, 11) is 0. The summed E-state index contributed by atoms with van der Waals surface area (Å²) in [6, 6.07) is 6.27. The van der Waals surface area contributed by atoms with Gasteiger partial charge in [-0.15, -0.1) is 0 Å². The number of aryl methyl sites for hydroxylation is 1. The summed E-state index contributed by atoms with van der Waals surface area (Å²) in [6.45, 7) is 4.67. The lowest BCUT2D eigenvalue weighted by Gasteiger charge is -2.21. The van der Waals surface area contributed by atoms with Crippen molar-refractivity contribution in [3.63, 3.8) is 0 Å². The zero-order valence-corrected chi connectivity index (χ0v) is 12.8. The third kappa shape index (κ3) is 4.51. The molecule has 1 aliphatic carbocycles. The molecule has 0 aliphatic heterocycles. The van der Waals surface area contributed by atoms with Gasteiger partial charge in [-0.05, 0) is 50.5 Å². The van der Waals surface area contributed by atoms with E-state index in [2.05, 4.69) is 5.48 Å². The van der Waals surface area contributed by atoms with Crippen molar-refractivity contribution in [1.29, 1.82) is 0 Å². The SMILES string of the molecule is CCOc1ccc(SONC2CCC(=O)CC2)cc1C. The van der Waals surface area contributed by atoms with Gasteiger partial charge in [0.2, 0.25) is 0 Å². The molecule has 0 amide bonds. The molecule has 0 saturated heterocycles. The number of rotatable bonds is 6. The fourth-order valence-corrected chi connectivity index (χ4v) is 2.82. The fraction of sp³-hybridized carbons (Fsp3) is 0.533. The second kappa shape index (κ2) is 7.67. The van der Waals surface area contributed by atoms with Crippen molar-refractivity contribution in [3.05, 3.63) is 23.8 Å². The van der Waals surface area contributed by atoms with Gasteiger partial charge >= 0.3 is 0 Å². The van der Waals surface area contributed by atoms with E-state index < -0.39 is 0 Å². The maximum atomic E-state index is 11.1. The first-order chi connectivity index (χ1) is 9.69. The van der Waals surface area contributed by atoms with Gasteiger partial charge in [0.25, 0.3) is 0 Å². The molecule has 4 nitrogen and oxygen atoms in total. The topological polar surface area (TPSA) is 47.6 Å². The molecule has 20 heavy (non-hydrogen) atoms. The van der Waals surface area contributed by atoms with Crippen LogP contribution in [0.15, 0.2) is 23.1 Å². The number of carbonyl (C=O) groups excluding carboxylic acids is 1. The maximum absolute atomic E-state index is 11.1. The summed E-state index contributed by atoms with van der Waals surface area (Å²) in [5.41, 5.74) is 4.13. The van der Waals surface area contributed by atoms with Gasteiger partial charge in [0.05, 0.1) is 18.6 Å². The zero-order chi connectivity index (χ0) is 14.4. The Labute approximate surface area is 124 Å². The first kappa shape index (κ1) is 15.4. The largest absolute Gasteiger partial charge is 0.494 e. The molecule has 1 aromatic carbocycles. The highest BCUT2D eigenvalue weighted by molar-refractivity contribution is 7.94. The normalized spacial score (nSPS) is 16.4. The van der Waals surface area contributed by atoms with E-state index in [-0.39, 0.29) is 6.04 Å². The molecule has 5 heteroatoms. The first-order valence-corrected chi connectivity index (χ1v) is 7.77. The minimum Gasteiger partial charge on any atom is -0.494 e. The van der Waals surface area contributed by atoms with Crippen LogP contribution >= 0.6 is 12.0 Å². The minimum atomic E-state index is 0.281. The van der Waals surface area contributed by atoms with Crippen LogP contribution in [0.5, 0.6) is 5.75 Å². The Kier molecular flexibility index (Phi) is 5.88. The molecule has 1 N–H and O–H groups in total. The Hall–Kier alpha value is -1.04. The Balaban J connectivity index is 1.76. The molecule has 0 unspecified atom stereocenters. The lowest BCUT2D eigenvalue weighted by atomic mass is 9.95. The van der Waals surface area contributed by atoms with Gasteiger partial charge in [-0.3, -0.25) is 4.79 Å². The highest BCUT2D eigenvalue weighted by atomic mass is 32.2. The van der Waals surface area contributed by atoms with Crippen LogP contribution in [0.4, 0.5) is 0 Å². The van der Waals surface area contributed by atoms with E-state index >= 15 is 0 Å². The van der Waals surface area contributed by atoms with Crippen LogP contribution in [0.25, 0.3) is 0 Å². The molecular weight excluding hydrogens is 274 g/mol. The summed E-state index contributed by atoms with van der Waals surface area (Å²) in [5.74, 6) is 1.27. The van der Waals surface area contributed by atoms with Crippen molar-refractivity contribution in [2.45, 2.75) is 50.5 Å².